The second-order valence-corrected chi connectivity index (χ2v) is 9.09. The number of thiazole rings is 1. The van der Waals surface area contributed by atoms with Crippen molar-refractivity contribution in [1.82, 2.24) is 19.4 Å². The molecule has 0 bridgehead atoms. The zero-order valence-corrected chi connectivity index (χ0v) is 16.7. The fourth-order valence-corrected chi connectivity index (χ4v) is 5.16. The zero-order valence-electron chi connectivity index (χ0n) is 15.9. The molecule has 1 saturated carbocycles. The maximum atomic E-state index is 12.9. The molecular formula is C20H28N4OS. The highest BCUT2D eigenvalue weighted by molar-refractivity contribution is 7.09. The van der Waals surface area contributed by atoms with Crippen LogP contribution >= 0.6 is 11.3 Å². The average molecular weight is 373 g/mol. The van der Waals surface area contributed by atoms with Crippen molar-refractivity contribution in [3.63, 3.8) is 0 Å². The lowest BCUT2D eigenvalue weighted by atomic mass is 9.92. The minimum atomic E-state index is 0.187. The summed E-state index contributed by atoms with van der Waals surface area (Å²) >= 11 is 1.73. The van der Waals surface area contributed by atoms with Gasteiger partial charge in [-0.1, -0.05) is 0 Å². The van der Waals surface area contributed by atoms with Crippen LogP contribution < -0.4 is 0 Å². The Morgan fingerprint density at radius 1 is 1.42 bits per heavy atom. The second kappa shape index (κ2) is 6.82. The predicted molar refractivity (Wildman–Crippen MR) is 104 cm³/mol. The molecule has 0 unspecified atom stereocenters. The van der Waals surface area contributed by atoms with Gasteiger partial charge in [0.2, 0.25) is 0 Å². The van der Waals surface area contributed by atoms with Crippen LogP contribution in [0.3, 0.4) is 0 Å². The van der Waals surface area contributed by atoms with Crippen molar-refractivity contribution in [1.29, 1.82) is 0 Å². The van der Waals surface area contributed by atoms with Crippen LogP contribution in [0, 0.1) is 5.41 Å². The first kappa shape index (κ1) is 17.7. The molecule has 26 heavy (non-hydrogen) atoms. The number of carbonyl (C=O) groups is 1. The van der Waals surface area contributed by atoms with Crippen molar-refractivity contribution >= 4 is 17.2 Å². The van der Waals surface area contributed by atoms with Crippen molar-refractivity contribution in [2.24, 2.45) is 5.41 Å². The molecule has 1 aliphatic carbocycles. The van der Waals surface area contributed by atoms with Gasteiger partial charge in [0.15, 0.2) is 0 Å². The van der Waals surface area contributed by atoms with Gasteiger partial charge >= 0.3 is 0 Å². The van der Waals surface area contributed by atoms with Crippen molar-refractivity contribution in [2.75, 3.05) is 20.1 Å². The van der Waals surface area contributed by atoms with E-state index in [4.69, 9.17) is 0 Å². The summed E-state index contributed by atoms with van der Waals surface area (Å²) in [5.41, 5.74) is 1.24. The molecule has 2 fully saturated rings. The zero-order chi connectivity index (χ0) is 18.3. The maximum Gasteiger partial charge on any atom is 0.270 e. The van der Waals surface area contributed by atoms with E-state index in [0.29, 0.717) is 17.5 Å². The molecule has 0 radical (unpaired) electrons. The van der Waals surface area contributed by atoms with Gasteiger partial charge in [-0.05, 0) is 57.7 Å². The molecular weight excluding hydrogens is 344 g/mol. The number of amides is 1. The van der Waals surface area contributed by atoms with Crippen LogP contribution in [0.2, 0.25) is 0 Å². The Kier molecular flexibility index (Phi) is 4.65. The van der Waals surface area contributed by atoms with E-state index in [2.05, 4.69) is 40.2 Å². The van der Waals surface area contributed by atoms with E-state index in [1.54, 1.807) is 11.3 Å². The van der Waals surface area contributed by atoms with Crippen LogP contribution in [-0.2, 0) is 6.54 Å². The van der Waals surface area contributed by atoms with E-state index < -0.39 is 0 Å². The van der Waals surface area contributed by atoms with Gasteiger partial charge in [-0.25, -0.2) is 4.98 Å². The fourth-order valence-electron chi connectivity index (χ4n) is 4.48. The van der Waals surface area contributed by atoms with Gasteiger partial charge in [0.25, 0.3) is 5.91 Å². The van der Waals surface area contributed by atoms with E-state index in [-0.39, 0.29) is 5.91 Å². The average Bonchev–Trinajstić information content (AvgIpc) is 3.02. The van der Waals surface area contributed by atoms with Gasteiger partial charge in [-0.15, -0.1) is 11.3 Å². The summed E-state index contributed by atoms with van der Waals surface area (Å²) in [5.74, 6) is 0.187. The maximum absolute atomic E-state index is 12.9. The van der Waals surface area contributed by atoms with E-state index in [1.165, 1.54) is 11.4 Å². The Labute approximate surface area is 159 Å². The van der Waals surface area contributed by atoms with Gasteiger partial charge in [0.05, 0.1) is 6.54 Å². The second-order valence-electron chi connectivity index (χ2n) is 8.11. The summed E-state index contributed by atoms with van der Waals surface area (Å²) in [6.45, 7) is 6.94. The summed E-state index contributed by atoms with van der Waals surface area (Å²) in [5, 5.41) is 3.24. The van der Waals surface area contributed by atoms with Gasteiger partial charge in [0, 0.05) is 42.9 Å². The molecule has 2 aliphatic rings. The number of nitrogens with zero attached hydrogens (tertiary/aromatic N) is 4. The van der Waals surface area contributed by atoms with E-state index >= 15 is 0 Å². The van der Waals surface area contributed by atoms with Crippen LogP contribution in [0.4, 0.5) is 0 Å². The molecule has 0 N–H and O–H groups in total. The molecule has 6 heteroatoms. The number of hydrogen-bond donors (Lipinski definition) is 0. The van der Waals surface area contributed by atoms with Crippen LogP contribution in [0.15, 0.2) is 29.9 Å². The third-order valence-electron chi connectivity index (χ3n) is 6.15. The van der Waals surface area contributed by atoms with Crippen molar-refractivity contribution in [2.45, 2.75) is 51.7 Å². The topological polar surface area (TPSA) is 41.4 Å². The lowest BCUT2D eigenvalue weighted by molar-refractivity contribution is 0.0645. The van der Waals surface area contributed by atoms with Crippen LogP contribution in [0.1, 0.15) is 54.6 Å². The number of piperidine rings is 1. The van der Waals surface area contributed by atoms with Gasteiger partial charge in [0.1, 0.15) is 10.7 Å². The summed E-state index contributed by atoms with van der Waals surface area (Å²) in [6.07, 6.45) is 7.39. The van der Waals surface area contributed by atoms with E-state index in [0.717, 1.165) is 38.2 Å². The Morgan fingerprint density at radius 3 is 2.85 bits per heavy atom. The first-order valence-corrected chi connectivity index (χ1v) is 10.4. The highest BCUT2D eigenvalue weighted by Crippen LogP contribution is 2.56. The molecule has 0 aromatic carbocycles. The van der Waals surface area contributed by atoms with E-state index in [1.807, 2.05) is 29.9 Å². The van der Waals surface area contributed by atoms with Crippen LogP contribution in [0.25, 0.3) is 0 Å². The van der Waals surface area contributed by atoms with Crippen molar-refractivity contribution in [3.8, 4) is 0 Å². The number of carbonyl (C=O) groups excluding carboxylic acids is 1. The van der Waals surface area contributed by atoms with Crippen molar-refractivity contribution in [3.05, 3.63) is 40.6 Å². The van der Waals surface area contributed by atoms with Crippen molar-refractivity contribution < 1.29 is 4.79 Å². The SMILES string of the molecule is CC(C)n1cccc1C(=O)N1CCC2(CC1)C[C@@H]2N(C)Cc1nccs1. The summed E-state index contributed by atoms with van der Waals surface area (Å²) in [6, 6.07) is 4.88. The normalized spacial score (nSPS) is 21.7. The van der Waals surface area contributed by atoms with Crippen LogP contribution in [-0.4, -0.2) is 51.4 Å². The first-order chi connectivity index (χ1) is 12.5. The quantitative estimate of drug-likeness (QED) is 0.804. The number of rotatable bonds is 5. The number of aromatic nitrogens is 2. The molecule has 1 saturated heterocycles. The first-order valence-electron chi connectivity index (χ1n) is 9.55. The third-order valence-corrected chi connectivity index (χ3v) is 6.91. The molecule has 1 aliphatic heterocycles. The van der Waals surface area contributed by atoms with Gasteiger partial charge in [-0.3, -0.25) is 9.69 Å². The predicted octanol–water partition coefficient (Wildman–Crippen LogP) is 3.65. The summed E-state index contributed by atoms with van der Waals surface area (Å²) < 4.78 is 2.08. The molecule has 140 valence electrons. The van der Waals surface area contributed by atoms with Gasteiger partial charge < -0.3 is 9.47 Å². The highest BCUT2D eigenvalue weighted by atomic mass is 32.1. The van der Waals surface area contributed by atoms with E-state index in [9.17, 15) is 4.79 Å². The lowest BCUT2D eigenvalue weighted by Gasteiger charge is -2.34. The Morgan fingerprint density at radius 2 is 2.19 bits per heavy atom. The van der Waals surface area contributed by atoms with Gasteiger partial charge in [-0.2, -0.15) is 0 Å². The molecule has 4 rings (SSSR count). The Hall–Kier alpha value is -1.66. The lowest BCUT2D eigenvalue weighted by Crippen LogP contribution is -2.42. The third kappa shape index (κ3) is 3.21. The van der Waals surface area contributed by atoms with Crippen LogP contribution in [0.5, 0.6) is 0 Å². The minimum Gasteiger partial charge on any atom is -0.341 e. The standard InChI is InChI=1S/C20H28N4OS/c1-15(2)24-9-4-5-16(24)19(25)23-10-6-20(7-11-23)13-17(20)22(3)14-18-21-8-12-26-18/h4-5,8-9,12,15,17H,6-7,10-11,13-14H2,1-3H3/t17-/m0/s1. The fraction of sp³-hybridized carbons (Fsp3) is 0.600. The monoisotopic (exact) mass is 372 g/mol. The Bertz CT molecular complexity index is 759. The summed E-state index contributed by atoms with van der Waals surface area (Å²) in [7, 11) is 2.22. The molecule has 5 nitrogen and oxygen atoms in total. The molecule has 2 aromatic heterocycles. The number of likely N-dealkylation sites (tertiary alicyclic amines) is 1. The number of hydrogen-bond acceptors (Lipinski definition) is 4. The smallest absolute Gasteiger partial charge is 0.270 e. The molecule has 2 aromatic rings. The molecule has 1 amide bonds. The Balaban J connectivity index is 1.35. The largest absolute Gasteiger partial charge is 0.341 e. The summed E-state index contributed by atoms with van der Waals surface area (Å²) in [4.78, 5) is 21.8. The molecule has 1 atom stereocenters. The molecule has 1 spiro atoms. The highest BCUT2D eigenvalue weighted by Gasteiger charge is 2.56. The minimum absolute atomic E-state index is 0.187. The molecule has 3 heterocycles.